The molecule has 1 saturated heterocycles. The monoisotopic (exact) mass is 287 g/mol. The zero-order valence-corrected chi connectivity index (χ0v) is 10.7. The van der Waals surface area contributed by atoms with Gasteiger partial charge in [0.05, 0.1) is 12.7 Å². The third-order valence-corrected chi connectivity index (χ3v) is 3.02. The van der Waals surface area contributed by atoms with Gasteiger partial charge in [0.15, 0.2) is 6.23 Å². The Balaban J connectivity index is 2.39. The molecule has 1 aromatic heterocycles. The molecule has 7 nitrogen and oxygen atoms in total. The van der Waals surface area contributed by atoms with Crippen LogP contribution >= 0.6 is 11.6 Å². The van der Waals surface area contributed by atoms with E-state index in [4.69, 9.17) is 27.2 Å². The van der Waals surface area contributed by atoms with E-state index < -0.39 is 24.1 Å². The Hall–Kier alpha value is -1.41. The molecule has 0 radical (unpaired) electrons. The van der Waals surface area contributed by atoms with Crippen LogP contribution in [0.3, 0.4) is 0 Å². The van der Waals surface area contributed by atoms with Gasteiger partial charge in [-0.05, 0) is 6.08 Å². The van der Waals surface area contributed by atoms with E-state index in [9.17, 15) is 9.90 Å². The number of halogens is 1. The standard InChI is InChI=1S/C11H14ClN3O4/c12-2-1-6-4-15(11(18)14-9(6)13)10-8(17)3-7(5-16)19-10/h1-2,4,7-8,10,16-17H,3,5H2,(H2,13,14,18)/t7-,8+,10+/m0/s1. The van der Waals surface area contributed by atoms with Crippen LogP contribution in [0.2, 0.25) is 0 Å². The molecule has 3 atom stereocenters. The Morgan fingerprint density at radius 3 is 3.00 bits per heavy atom. The summed E-state index contributed by atoms with van der Waals surface area (Å²) in [7, 11) is 0. The predicted molar refractivity (Wildman–Crippen MR) is 69.4 cm³/mol. The fraction of sp³-hybridized carbons (Fsp3) is 0.455. The summed E-state index contributed by atoms with van der Waals surface area (Å²) in [6.07, 6.45) is 0.852. The first-order chi connectivity index (χ1) is 9.06. The van der Waals surface area contributed by atoms with E-state index in [0.717, 1.165) is 4.57 Å². The number of aliphatic hydroxyl groups excluding tert-OH is 2. The number of ether oxygens (including phenoxy) is 1. The van der Waals surface area contributed by atoms with E-state index in [-0.39, 0.29) is 18.8 Å². The Morgan fingerprint density at radius 2 is 2.42 bits per heavy atom. The zero-order chi connectivity index (χ0) is 14.0. The van der Waals surface area contributed by atoms with Gasteiger partial charge < -0.3 is 20.7 Å². The van der Waals surface area contributed by atoms with Crippen LogP contribution in [0.25, 0.3) is 6.08 Å². The van der Waals surface area contributed by atoms with Crippen LogP contribution in [0.15, 0.2) is 16.5 Å². The van der Waals surface area contributed by atoms with Crippen molar-refractivity contribution >= 4 is 23.5 Å². The molecular formula is C11H14ClN3O4. The lowest BCUT2D eigenvalue weighted by Gasteiger charge is -2.17. The van der Waals surface area contributed by atoms with Crippen LogP contribution in [-0.2, 0) is 4.74 Å². The molecule has 1 aliphatic rings. The summed E-state index contributed by atoms with van der Waals surface area (Å²) < 4.78 is 6.53. The minimum Gasteiger partial charge on any atom is -0.394 e. The largest absolute Gasteiger partial charge is 0.394 e. The van der Waals surface area contributed by atoms with Crippen molar-refractivity contribution in [1.29, 1.82) is 0 Å². The van der Waals surface area contributed by atoms with Crippen molar-refractivity contribution in [2.75, 3.05) is 12.3 Å². The average Bonchev–Trinajstić information content (AvgIpc) is 2.74. The van der Waals surface area contributed by atoms with Gasteiger partial charge in [0.25, 0.3) is 0 Å². The molecule has 8 heteroatoms. The second-order valence-electron chi connectivity index (χ2n) is 4.20. The van der Waals surface area contributed by atoms with E-state index in [1.54, 1.807) is 0 Å². The number of aliphatic hydroxyl groups is 2. The lowest BCUT2D eigenvalue weighted by Crippen LogP contribution is -2.32. The Bertz CT molecular complexity index is 545. The third kappa shape index (κ3) is 2.79. The average molecular weight is 288 g/mol. The van der Waals surface area contributed by atoms with Crippen LogP contribution in [0.5, 0.6) is 0 Å². The summed E-state index contributed by atoms with van der Waals surface area (Å²) in [6.45, 7) is -0.223. The summed E-state index contributed by atoms with van der Waals surface area (Å²) in [5, 5.41) is 18.9. The molecule has 1 aliphatic heterocycles. The molecule has 2 heterocycles. The molecule has 2 rings (SSSR count). The summed E-state index contributed by atoms with van der Waals surface area (Å²) in [5.74, 6) is 0.0457. The number of nitrogens with two attached hydrogens (primary N) is 1. The van der Waals surface area contributed by atoms with Crippen molar-refractivity contribution < 1.29 is 14.9 Å². The fourth-order valence-corrected chi connectivity index (χ4v) is 2.11. The Kier molecular flexibility index (Phi) is 4.20. The maximum Gasteiger partial charge on any atom is 0.351 e. The molecule has 0 saturated carbocycles. The highest BCUT2D eigenvalue weighted by molar-refractivity contribution is 6.27. The first-order valence-corrected chi connectivity index (χ1v) is 6.10. The number of rotatable bonds is 3. The van der Waals surface area contributed by atoms with E-state index in [0.29, 0.717) is 5.56 Å². The number of nitrogen functional groups attached to an aromatic ring is 1. The molecule has 19 heavy (non-hydrogen) atoms. The van der Waals surface area contributed by atoms with Crippen LogP contribution < -0.4 is 11.4 Å². The van der Waals surface area contributed by atoms with Crippen molar-refractivity contribution in [3.63, 3.8) is 0 Å². The van der Waals surface area contributed by atoms with Gasteiger partial charge in [-0.15, -0.1) is 0 Å². The number of hydrogen-bond donors (Lipinski definition) is 3. The van der Waals surface area contributed by atoms with Crippen LogP contribution in [0.4, 0.5) is 5.82 Å². The van der Waals surface area contributed by atoms with Gasteiger partial charge in [-0.1, -0.05) is 11.6 Å². The number of hydrogen-bond acceptors (Lipinski definition) is 6. The van der Waals surface area contributed by atoms with Gasteiger partial charge in [0.2, 0.25) is 0 Å². The summed E-state index contributed by atoms with van der Waals surface area (Å²) >= 11 is 5.47. The van der Waals surface area contributed by atoms with Gasteiger partial charge in [0.1, 0.15) is 11.9 Å². The van der Waals surface area contributed by atoms with Crippen LogP contribution in [0.1, 0.15) is 18.2 Å². The normalized spacial score (nSPS) is 27.2. The highest BCUT2D eigenvalue weighted by Gasteiger charge is 2.35. The highest BCUT2D eigenvalue weighted by Crippen LogP contribution is 2.28. The first kappa shape index (κ1) is 14.0. The molecule has 4 N–H and O–H groups in total. The number of aromatic nitrogens is 2. The lowest BCUT2D eigenvalue weighted by molar-refractivity contribution is -0.0529. The topological polar surface area (TPSA) is 111 Å². The molecule has 0 aromatic carbocycles. The van der Waals surface area contributed by atoms with Gasteiger partial charge in [-0.2, -0.15) is 4.98 Å². The first-order valence-electron chi connectivity index (χ1n) is 5.66. The van der Waals surface area contributed by atoms with Gasteiger partial charge in [-0.25, -0.2) is 4.79 Å². The predicted octanol–water partition coefficient (Wildman–Crippen LogP) is -0.324. The van der Waals surface area contributed by atoms with E-state index >= 15 is 0 Å². The summed E-state index contributed by atoms with van der Waals surface area (Å²) in [4.78, 5) is 15.4. The molecular weight excluding hydrogens is 274 g/mol. The third-order valence-electron chi connectivity index (χ3n) is 2.90. The maximum absolute atomic E-state index is 11.8. The van der Waals surface area contributed by atoms with Crippen molar-refractivity contribution in [3.8, 4) is 0 Å². The molecule has 0 bridgehead atoms. The zero-order valence-electron chi connectivity index (χ0n) is 9.94. The molecule has 0 amide bonds. The smallest absolute Gasteiger partial charge is 0.351 e. The lowest BCUT2D eigenvalue weighted by atomic mass is 10.2. The SMILES string of the molecule is Nc1nc(=O)n([C@@H]2O[C@H](CO)C[C@H]2O)cc1C=CCl. The maximum atomic E-state index is 11.8. The molecule has 0 unspecified atom stereocenters. The molecule has 0 aliphatic carbocycles. The number of anilines is 1. The van der Waals surface area contributed by atoms with E-state index in [1.807, 2.05) is 0 Å². The van der Waals surface area contributed by atoms with Crippen molar-refractivity contribution in [3.05, 3.63) is 27.8 Å². The Labute approximate surface area is 113 Å². The van der Waals surface area contributed by atoms with Gasteiger partial charge in [0, 0.05) is 23.7 Å². The summed E-state index contributed by atoms with van der Waals surface area (Å²) in [5.41, 5.74) is 6.64. The van der Waals surface area contributed by atoms with Crippen molar-refractivity contribution in [2.24, 2.45) is 0 Å². The van der Waals surface area contributed by atoms with Crippen LogP contribution in [0, 0.1) is 0 Å². The van der Waals surface area contributed by atoms with Gasteiger partial charge >= 0.3 is 5.69 Å². The second-order valence-corrected chi connectivity index (χ2v) is 4.45. The second kappa shape index (κ2) is 5.70. The fourth-order valence-electron chi connectivity index (χ4n) is 1.97. The summed E-state index contributed by atoms with van der Waals surface area (Å²) in [6, 6.07) is 0. The quantitative estimate of drug-likeness (QED) is 0.702. The highest BCUT2D eigenvalue weighted by atomic mass is 35.5. The van der Waals surface area contributed by atoms with Gasteiger partial charge in [-0.3, -0.25) is 4.57 Å². The Morgan fingerprint density at radius 1 is 1.68 bits per heavy atom. The molecule has 1 aromatic rings. The van der Waals surface area contributed by atoms with Crippen molar-refractivity contribution in [2.45, 2.75) is 24.9 Å². The molecule has 0 spiro atoms. The van der Waals surface area contributed by atoms with Crippen LogP contribution in [-0.4, -0.2) is 38.6 Å². The van der Waals surface area contributed by atoms with E-state index in [1.165, 1.54) is 17.8 Å². The molecule has 1 fully saturated rings. The molecule has 104 valence electrons. The minimum atomic E-state index is -0.895. The van der Waals surface area contributed by atoms with E-state index in [2.05, 4.69) is 4.98 Å². The number of nitrogens with zero attached hydrogens (tertiary/aromatic N) is 2. The minimum absolute atomic E-state index is 0.0457. The van der Waals surface area contributed by atoms with Crippen molar-refractivity contribution in [1.82, 2.24) is 9.55 Å².